The van der Waals surface area contributed by atoms with E-state index in [4.69, 9.17) is 9.47 Å². The van der Waals surface area contributed by atoms with Gasteiger partial charge < -0.3 is 9.47 Å². The van der Waals surface area contributed by atoms with Crippen molar-refractivity contribution in [2.75, 3.05) is 26.3 Å². The summed E-state index contributed by atoms with van der Waals surface area (Å²) in [6, 6.07) is 20.1. The minimum Gasteiger partial charge on any atom is -0.372 e. The first-order valence-electron chi connectivity index (χ1n) is 8.85. The molecule has 0 spiro atoms. The second-order valence-corrected chi connectivity index (χ2v) is 6.98. The van der Waals surface area contributed by atoms with E-state index < -0.39 is 0 Å². The van der Waals surface area contributed by atoms with Crippen LogP contribution in [0.3, 0.4) is 0 Å². The van der Waals surface area contributed by atoms with E-state index in [1.807, 2.05) is 0 Å². The Bertz CT molecular complexity index is 633. The zero-order valence-corrected chi connectivity index (χ0v) is 14.2. The molecule has 2 aromatic rings. The van der Waals surface area contributed by atoms with Gasteiger partial charge >= 0.3 is 0 Å². The molecule has 24 heavy (non-hydrogen) atoms. The largest absolute Gasteiger partial charge is 0.372 e. The molecule has 3 unspecified atom stereocenters. The first kappa shape index (κ1) is 15.8. The van der Waals surface area contributed by atoms with Crippen molar-refractivity contribution in [2.24, 2.45) is 0 Å². The summed E-state index contributed by atoms with van der Waals surface area (Å²) >= 11 is 0. The molecule has 3 heteroatoms. The predicted octanol–water partition coefficient (Wildman–Crippen LogP) is 3.38. The fourth-order valence-corrected chi connectivity index (χ4v) is 3.28. The minimum atomic E-state index is 0.363. The molecule has 2 fully saturated rings. The van der Waals surface area contributed by atoms with Crippen molar-refractivity contribution in [3.8, 4) is 0 Å². The lowest BCUT2D eigenvalue weighted by Crippen LogP contribution is -2.36. The van der Waals surface area contributed by atoms with Crippen LogP contribution in [0.25, 0.3) is 0 Å². The van der Waals surface area contributed by atoms with Gasteiger partial charge in [-0.2, -0.15) is 0 Å². The van der Waals surface area contributed by atoms with Crippen LogP contribution in [0.4, 0.5) is 0 Å². The second kappa shape index (κ2) is 7.06. The maximum absolute atomic E-state index is 5.51. The highest BCUT2D eigenvalue weighted by Gasteiger charge is 2.34. The molecule has 2 heterocycles. The number of benzene rings is 2. The molecule has 0 saturated carbocycles. The van der Waals surface area contributed by atoms with Crippen molar-refractivity contribution in [1.29, 1.82) is 0 Å². The Kier molecular flexibility index (Phi) is 4.65. The molecule has 126 valence electrons. The Balaban J connectivity index is 1.58. The van der Waals surface area contributed by atoms with Gasteiger partial charge in [-0.3, -0.25) is 4.90 Å². The number of ether oxygens (including phenoxy) is 2. The Hall–Kier alpha value is -1.68. The standard InChI is InChI=1S/C21H25NO2/c1-16-7-9-17(10-8-16)11-21(18-5-3-2-4-6-18)22(12-19-14-23-19)13-20-15-24-20/h2-10,19-21H,11-15H2,1H3. The first-order valence-corrected chi connectivity index (χ1v) is 8.85. The van der Waals surface area contributed by atoms with E-state index in [9.17, 15) is 0 Å². The summed E-state index contributed by atoms with van der Waals surface area (Å²) in [5.41, 5.74) is 4.07. The highest BCUT2D eigenvalue weighted by Crippen LogP contribution is 2.29. The quantitative estimate of drug-likeness (QED) is 0.697. The summed E-state index contributed by atoms with van der Waals surface area (Å²) in [7, 11) is 0. The van der Waals surface area contributed by atoms with Crippen LogP contribution in [0.2, 0.25) is 0 Å². The molecular weight excluding hydrogens is 298 g/mol. The molecule has 0 aliphatic carbocycles. The van der Waals surface area contributed by atoms with Crippen LogP contribution in [-0.2, 0) is 15.9 Å². The number of hydrogen-bond acceptors (Lipinski definition) is 3. The van der Waals surface area contributed by atoms with E-state index in [1.165, 1.54) is 16.7 Å². The van der Waals surface area contributed by atoms with Crippen LogP contribution in [-0.4, -0.2) is 43.4 Å². The molecule has 2 aliphatic rings. The average Bonchev–Trinajstić information content (AvgIpc) is 3.51. The van der Waals surface area contributed by atoms with Gasteiger partial charge in [0.1, 0.15) is 0 Å². The molecule has 0 amide bonds. The van der Waals surface area contributed by atoms with Crippen LogP contribution < -0.4 is 0 Å². The van der Waals surface area contributed by atoms with Gasteiger partial charge in [-0.15, -0.1) is 0 Å². The summed E-state index contributed by atoms with van der Waals surface area (Å²) in [4.78, 5) is 2.56. The van der Waals surface area contributed by atoms with Crippen molar-refractivity contribution in [2.45, 2.75) is 31.6 Å². The molecule has 0 N–H and O–H groups in total. The number of hydrogen-bond donors (Lipinski definition) is 0. The van der Waals surface area contributed by atoms with Gasteiger partial charge in [0.15, 0.2) is 0 Å². The molecule has 3 nitrogen and oxygen atoms in total. The fraction of sp³-hybridized carbons (Fsp3) is 0.429. The van der Waals surface area contributed by atoms with Crippen LogP contribution in [0.1, 0.15) is 22.7 Å². The Labute approximate surface area is 144 Å². The molecule has 0 radical (unpaired) electrons. The number of rotatable bonds is 8. The third kappa shape index (κ3) is 4.23. The van der Waals surface area contributed by atoms with Crippen molar-refractivity contribution >= 4 is 0 Å². The Morgan fingerprint density at radius 2 is 1.50 bits per heavy atom. The van der Waals surface area contributed by atoms with Crippen LogP contribution in [0.5, 0.6) is 0 Å². The highest BCUT2D eigenvalue weighted by molar-refractivity contribution is 5.26. The van der Waals surface area contributed by atoms with Crippen molar-refractivity contribution in [3.05, 3.63) is 71.3 Å². The van der Waals surface area contributed by atoms with E-state index in [0.717, 1.165) is 32.7 Å². The number of epoxide rings is 2. The Morgan fingerprint density at radius 1 is 0.917 bits per heavy atom. The summed E-state index contributed by atoms with van der Waals surface area (Å²) in [5, 5.41) is 0. The van der Waals surface area contributed by atoms with Crippen molar-refractivity contribution < 1.29 is 9.47 Å². The van der Waals surface area contributed by atoms with Gasteiger partial charge in [-0.1, -0.05) is 60.2 Å². The Morgan fingerprint density at radius 3 is 2.04 bits per heavy atom. The maximum atomic E-state index is 5.51. The van der Waals surface area contributed by atoms with Crippen LogP contribution in [0.15, 0.2) is 54.6 Å². The molecule has 0 bridgehead atoms. The lowest BCUT2D eigenvalue weighted by atomic mass is 9.96. The average molecular weight is 323 g/mol. The van der Waals surface area contributed by atoms with Gasteiger partial charge in [0.05, 0.1) is 25.4 Å². The zero-order valence-electron chi connectivity index (χ0n) is 14.2. The first-order chi connectivity index (χ1) is 11.8. The smallest absolute Gasteiger partial charge is 0.0936 e. The van der Waals surface area contributed by atoms with E-state index in [2.05, 4.69) is 66.4 Å². The molecule has 2 aliphatic heterocycles. The minimum absolute atomic E-state index is 0.363. The monoisotopic (exact) mass is 323 g/mol. The van der Waals surface area contributed by atoms with E-state index in [1.54, 1.807) is 0 Å². The van der Waals surface area contributed by atoms with Gasteiger partial charge in [-0.05, 0) is 24.5 Å². The summed E-state index contributed by atoms with van der Waals surface area (Å²) in [5.74, 6) is 0. The summed E-state index contributed by atoms with van der Waals surface area (Å²) in [6.45, 7) is 5.92. The normalized spacial score (nSPS) is 23.2. The fourth-order valence-electron chi connectivity index (χ4n) is 3.28. The van der Waals surface area contributed by atoms with E-state index >= 15 is 0 Å². The SMILES string of the molecule is Cc1ccc(CC(c2ccccc2)N(CC2CO2)CC2CO2)cc1. The molecule has 3 atom stereocenters. The van der Waals surface area contributed by atoms with Gasteiger partial charge in [0.25, 0.3) is 0 Å². The number of nitrogens with zero attached hydrogens (tertiary/aromatic N) is 1. The third-order valence-corrected chi connectivity index (χ3v) is 4.86. The van der Waals surface area contributed by atoms with Gasteiger partial charge in [-0.25, -0.2) is 0 Å². The molecule has 0 aromatic heterocycles. The lowest BCUT2D eigenvalue weighted by Gasteiger charge is -2.31. The van der Waals surface area contributed by atoms with Crippen molar-refractivity contribution in [3.63, 3.8) is 0 Å². The summed E-state index contributed by atoms with van der Waals surface area (Å²) in [6.07, 6.45) is 1.81. The summed E-state index contributed by atoms with van der Waals surface area (Å²) < 4.78 is 11.0. The highest BCUT2D eigenvalue weighted by atomic mass is 16.6. The molecule has 2 saturated heterocycles. The molecular formula is C21H25NO2. The van der Waals surface area contributed by atoms with Gasteiger partial charge in [0, 0.05) is 19.1 Å². The van der Waals surface area contributed by atoms with Crippen LogP contribution in [0, 0.1) is 6.92 Å². The third-order valence-electron chi connectivity index (χ3n) is 4.86. The molecule has 2 aromatic carbocycles. The van der Waals surface area contributed by atoms with Crippen LogP contribution >= 0.6 is 0 Å². The van der Waals surface area contributed by atoms with E-state index in [0.29, 0.717) is 18.2 Å². The van der Waals surface area contributed by atoms with Crippen molar-refractivity contribution in [1.82, 2.24) is 4.90 Å². The lowest BCUT2D eigenvalue weighted by molar-refractivity contribution is 0.162. The molecule has 4 rings (SSSR count). The zero-order chi connectivity index (χ0) is 16.4. The maximum Gasteiger partial charge on any atom is 0.0936 e. The second-order valence-electron chi connectivity index (χ2n) is 6.98. The predicted molar refractivity (Wildman–Crippen MR) is 95.1 cm³/mol. The van der Waals surface area contributed by atoms with Gasteiger partial charge in [0.2, 0.25) is 0 Å². The van der Waals surface area contributed by atoms with E-state index in [-0.39, 0.29) is 0 Å². The topological polar surface area (TPSA) is 28.3 Å². The number of aryl methyl sites for hydroxylation is 1.